The molecule has 3 rings (SSSR count). The number of nitrogens with zero attached hydrogens (tertiary/aromatic N) is 2. The fraction of sp³-hybridized carbons (Fsp3) is 0.350. The molecule has 0 aliphatic carbocycles. The quantitative estimate of drug-likeness (QED) is 0.809. The van der Waals surface area contributed by atoms with Crippen LogP contribution in [0.15, 0.2) is 48.5 Å². The minimum Gasteiger partial charge on any atom is -0.312 e. The Kier molecular flexibility index (Phi) is 5.26. The molecule has 0 radical (unpaired) electrons. The highest BCUT2D eigenvalue weighted by Crippen LogP contribution is 2.27. The van der Waals surface area contributed by atoms with E-state index in [0.717, 1.165) is 30.8 Å². The van der Waals surface area contributed by atoms with Crippen LogP contribution in [0.1, 0.15) is 24.5 Å². The van der Waals surface area contributed by atoms with Crippen LogP contribution in [0.25, 0.3) is 0 Å². The number of rotatable bonds is 6. The number of halogens is 1. The van der Waals surface area contributed by atoms with E-state index in [1.807, 2.05) is 29.2 Å². The van der Waals surface area contributed by atoms with Crippen molar-refractivity contribution in [3.8, 4) is 0 Å². The summed E-state index contributed by atoms with van der Waals surface area (Å²) in [6, 6.07) is 14.8. The SMILES string of the molecule is CCN(CCC(=O)N1CCc2ccccc21)Cc1cccc(F)c1. The molecule has 0 saturated heterocycles. The molecule has 0 atom stereocenters. The average molecular weight is 326 g/mol. The zero-order valence-corrected chi connectivity index (χ0v) is 14.0. The summed E-state index contributed by atoms with van der Waals surface area (Å²) in [5.41, 5.74) is 3.24. The summed E-state index contributed by atoms with van der Waals surface area (Å²) in [4.78, 5) is 16.6. The smallest absolute Gasteiger partial charge is 0.228 e. The first-order chi connectivity index (χ1) is 11.7. The molecule has 2 aromatic carbocycles. The number of hydrogen-bond acceptors (Lipinski definition) is 2. The Hall–Kier alpha value is -2.20. The van der Waals surface area contributed by atoms with Crippen LogP contribution in [0.2, 0.25) is 0 Å². The van der Waals surface area contributed by atoms with Gasteiger partial charge < -0.3 is 4.90 Å². The second-order valence-electron chi connectivity index (χ2n) is 6.17. The van der Waals surface area contributed by atoms with Crippen molar-refractivity contribution in [3.63, 3.8) is 0 Å². The van der Waals surface area contributed by atoms with Gasteiger partial charge in [-0.3, -0.25) is 9.69 Å². The predicted molar refractivity (Wildman–Crippen MR) is 94.5 cm³/mol. The van der Waals surface area contributed by atoms with Crippen molar-refractivity contribution in [1.82, 2.24) is 4.90 Å². The topological polar surface area (TPSA) is 23.6 Å². The van der Waals surface area contributed by atoms with Crippen LogP contribution in [0, 0.1) is 5.82 Å². The lowest BCUT2D eigenvalue weighted by Gasteiger charge is -2.23. The molecule has 0 unspecified atom stereocenters. The van der Waals surface area contributed by atoms with Crippen molar-refractivity contribution in [2.75, 3.05) is 24.5 Å². The lowest BCUT2D eigenvalue weighted by atomic mass is 10.2. The highest BCUT2D eigenvalue weighted by atomic mass is 19.1. The molecule has 126 valence electrons. The number of carbonyl (C=O) groups excluding carboxylic acids is 1. The maximum atomic E-state index is 13.3. The highest BCUT2D eigenvalue weighted by molar-refractivity contribution is 5.95. The number of para-hydroxylation sites is 1. The molecule has 0 aromatic heterocycles. The van der Waals surface area contributed by atoms with Crippen molar-refractivity contribution in [3.05, 3.63) is 65.5 Å². The molecular formula is C20H23FN2O. The third-order valence-corrected chi connectivity index (χ3v) is 4.57. The molecule has 0 bridgehead atoms. The van der Waals surface area contributed by atoms with Crippen molar-refractivity contribution in [2.45, 2.75) is 26.3 Å². The molecule has 4 heteroatoms. The molecular weight excluding hydrogens is 303 g/mol. The first-order valence-electron chi connectivity index (χ1n) is 8.52. The van der Waals surface area contributed by atoms with Gasteiger partial charge in [-0.25, -0.2) is 4.39 Å². The van der Waals surface area contributed by atoms with Gasteiger partial charge in [0.25, 0.3) is 0 Å². The molecule has 2 aromatic rings. The van der Waals surface area contributed by atoms with Gasteiger partial charge in [0.2, 0.25) is 5.91 Å². The molecule has 0 spiro atoms. The Bertz CT molecular complexity index is 716. The number of benzene rings is 2. The number of anilines is 1. The average Bonchev–Trinajstić information content (AvgIpc) is 3.02. The standard InChI is InChI=1S/C20H23FN2O/c1-2-22(15-16-6-5-8-18(21)14-16)12-11-20(24)23-13-10-17-7-3-4-9-19(17)23/h3-9,14H,2,10-13,15H2,1H3. The fourth-order valence-electron chi connectivity index (χ4n) is 3.23. The van der Waals surface area contributed by atoms with Crippen molar-refractivity contribution < 1.29 is 9.18 Å². The Balaban J connectivity index is 1.57. The van der Waals surface area contributed by atoms with Crippen LogP contribution < -0.4 is 4.90 Å². The van der Waals surface area contributed by atoms with E-state index in [2.05, 4.69) is 17.9 Å². The normalized spacial score (nSPS) is 13.4. The number of carbonyl (C=O) groups is 1. The van der Waals surface area contributed by atoms with E-state index in [4.69, 9.17) is 0 Å². The molecule has 0 N–H and O–H groups in total. The first-order valence-corrected chi connectivity index (χ1v) is 8.52. The van der Waals surface area contributed by atoms with Crippen molar-refractivity contribution in [2.24, 2.45) is 0 Å². The van der Waals surface area contributed by atoms with E-state index in [1.165, 1.54) is 11.6 Å². The van der Waals surface area contributed by atoms with Gasteiger partial charge in [0, 0.05) is 31.7 Å². The fourth-order valence-corrected chi connectivity index (χ4v) is 3.23. The molecule has 1 heterocycles. The van der Waals surface area contributed by atoms with E-state index >= 15 is 0 Å². The molecule has 0 fully saturated rings. The first kappa shape index (κ1) is 16.7. The minimum absolute atomic E-state index is 0.164. The number of amides is 1. The lowest BCUT2D eigenvalue weighted by Crippen LogP contribution is -2.33. The molecule has 3 nitrogen and oxygen atoms in total. The van der Waals surface area contributed by atoms with Crippen molar-refractivity contribution in [1.29, 1.82) is 0 Å². The summed E-state index contributed by atoms with van der Waals surface area (Å²) in [5.74, 6) is -0.0501. The van der Waals surface area contributed by atoms with Gasteiger partial charge >= 0.3 is 0 Å². The van der Waals surface area contributed by atoms with E-state index in [1.54, 1.807) is 12.1 Å². The Morgan fingerprint density at radius 3 is 2.83 bits per heavy atom. The maximum absolute atomic E-state index is 13.3. The minimum atomic E-state index is -0.215. The lowest BCUT2D eigenvalue weighted by molar-refractivity contribution is -0.118. The van der Waals surface area contributed by atoms with Crippen LogP contribution in [0.3, 0.4) is 0 Å². The Morgan fingerprint density at radius 2 is 2.04 bits per heavy atom. The van der Waals surface area contributed by atoms with Crippen LogP contribution in [-0.4, -0.2) is 30.4 Å². The van der Waals surface area contributed by atoms with Crippen LogP contribution >= 0.6 is 0 Å². The zero-order valence-electron chi connectivity index (χ0n) is 14.0. The van der Waals surface area contributed by atoms with Crippen molar-refractivity contribution >= 4 is 11.6 Å². The summed E-state index contributed by atoms with van der Waals surface area (Å²) in [6.07, 6.45) is 1.42. The number of hydrogen-bond donors (Lipinski definition) is 0. The zero-order chi connectivity index (χ0) is 16.9. The Labute approximate surface area is 142 Å². The largest absolute Gasteiger partial charge is 0.312 e. The van der Waals surface area contributed by atoms with Gasteiger partial charge in [0.15, 0.2) is 0 Å². The third kappa shape index (κ3) is 3.82. The van der Waals surface area contributed by atoms with E-state index in [-0.39, 0.29) is 11.7 Å². The van der Waals surface area contributed by atoms with Gasteiger partial charge in [0.05, 0.1) is 0 Å². The van der Waals surface area contributed by atoms with Gasteiger partial charge in [0.1, 0.15) is 5.82 Å². The summed E-state index contributed by atoms with van der Waals surface area (Å²) in [7, 11) is 0. The summed E-state index contributed by atoms with van der Waals surface area (Å²) in [6.45, 7) is 5.02. The second-order valence-corrected chi connectivity index (χ2v) is 6.17. The highest BCUT2D eigenvalue weighted by Gasteiger charge is 2.24. The molecule has 1 aliphatic heterocycles. The summed E-state index contributed by atoms with van der Waals surface area (Å²) < 4.78 is 13.3. The third-order valence-electron chi connectivity index (χ3n) is 4.57. The predicted octanol–water partition coefficient (Wildman–Crippen LogP) is 3.63. The van der Waals surface area contributed by atoms with Crippen LogP contribution in [0.5, 0.6) is 0 Å². The number of fused-ring (bicyclic) bond motifs is 1. The summed E-state index contributed by atoms with van der Waals surface area (Å²) >= 11 is 0. The maximum Gasteiger partial charge on any atom is 0.228 e. The molecule has 1 aliphatic rings. The molecule has 24 heavy (non-hydrogen) atoms. The molecule has 1 amide bonds. The van der Waals surface area contributed by atoms with Gasteiger partial charge in [-0.15, -0.1) is 0 Å². The molecule has 0 saturated carbocycles. The van der Waals surface area contributed by atoms with E-state index in [9.17, 15) is 9.18 Å². The van der Waals surface area contributed by atoms with Crippen LogP contribution in [0.4, 0.5) is 10.1 Å². The van der Waals surface area contributed by atoms with Crippen LogP contribution in [-0.2, 0) is 17.8 Å². The Morgan fingerprint density at radius 1 is 1.21 bits per heavy atom. The van der Waals surface area contributed by atoms with Gasteiger partial charge in [-0.05, 0) is 42.3 Å². The second kappa shape index (κ2) is 7.58. The van der Waals surface area contributed by atoms with Gasteiger partial charge in [-0.1, -0.05) is 37.3 Å². The van der Waals surface area contributed by atoms with Gasteiger partial charge in [-0.2, -0.15) is 0 Å². The monoisotopic (exact) mass is 326 g/mol. The van der Waals surface area contributed by atoms with E-state index in [0.29, 0.717) is 19.5 Å². The van der Waals surface area contributed by atoms with E-state index < -0.39 is 0 Å². The summed E-state index contributed by atoms with van der Waals surface area (Å²) in [5, 5.41) is 0.